The van der Waals surface area contributed by atoms with E-state index in [0.717, 1.165) is 12.2 Å². The predicted molar refractivity (Wildman–Crippen MR) is 78.1 cm³/mol. The van der Waals surface area contributed by atoms with Crippen LogP contribution in [0.2, 0.25) is 0 Å². The summed E-state index contributed by atoms with van der Waals surface area (Å²) in [6, 6.07) is 9.62. The number of nitrogens with one attached hydrogen (secondary N) is 1. The van der Waals surface area contributed by atoms with Crippen LogP contribution < -0.4 is 5.32 Å². The third kappa shape index (κ3) is 3.72. The Labute approximate surface area is 117 Å². The average Bonchev–Trinajstić information content (AvgIpc) is 2.93. The molecule has 1 unspecified atom stereocenters. The van der Waals surface area contributed by atoms with Crippen LogP contribution in [0.4, 0.5) is 5.69 Å². The molecule has 1 aromatic rings. The number of amides is 1. The highest BCUT2D eigenvalue weighted by atomic mass is 32.2. The molecule has 1 N–H and O–H groups in total. The zero-order valence-corrected chi connectivity index (χ0v) is 11.7. The Morgan fingerprint density at radius 1 is 1.58 bits per heavy atom. The standard InChI is InChI=1S/C14H17N3OS/c1-17(12-6-7-19-10-12)9-14(18)16-13-5-3-2-4-11(13)8-15/h2-5,12H,6-7,9-10H2,1H3,(H,16,18). The van der Waals surface area contributed by atoms with Gasteiger partial charge in [-0.3, -0.25) is 9.69 Å². The van der Waals surface area contributed by atoms with Gasteiger partial charge in [-0.25, -0.2) is 0 Å². The topological polar surface area (TPSA) is 56.1 Å². The fourth-order valence-electron chi connectivity index (χ4n) is 2.10. The van der Waals surface area contributed by atoms with Gasteiger partial charge in [0.25, 0.3) is 0 Å². The van der Waals surface area contributed by atoms with E-state index in [1.807, 2.05) is 24.9 Å². The number of thioether (sulfide) groups is 1. The van der Waals surface area contributed by atoms with E-state index in [-0.39, 0.29) is 5.91 Å². The highest BCUT2D eigenvalue weighted by Gasteiger charge is 2.21. The van der Waals surface area contributed by atoms with Crippen LogP contribution in [-0.4, -0.2) is 41.9 Å². The van der Waals surface area contributed by atoms with E-state index < -0.39 is 0 Å². The molecule has 0 aromatic heterocycles. The number of para-hydroxylation sites is 1. The van der Waals surface area contributed by atoms with E-state index in [2.05, 4.69) is 16.3 Å². The lowest BCUT2D eigenvalue weighted by Crippen LogP contribution is -2.38. The van der Waals surface area contributed by atoms with Crippen LogP contribution in [-0.2, 0) is 4.79 Å². The molecule has 1 aliphatic heterocycles. The SMILES string of the molecule is CN(CC(=O)Nc1ccccc1C#N)C1CCSC1. The minimum Gasteiger partial charge on any atom is -0.324 e. The first-order valence-electron chi connectivity index (χ1n) is 6.27. The number of hydrogen-bond acceptors (Lipinski definition) is 4. The van der Waals surface area contributed by atoms with E-state index in [4.69, 9.17) is 5.26 Å². The summed E-state index contributed by atoms with van der Waals surface area (Å²) in [6.07, 6.45) is 1.14. The maximum absolute atomic E-state index is 12.0. The van der Waals surface area contributed by atoms with Crippen molar-refractivity contribution in [3.8, 4) is 6.07 Å². The van der Waals surface area contributed by atoms with Crippen LogP contribution in [0.3, 0.4) is 0 Å². The molecule has 1 aliphatic rings. The van der Waals surface area contributed by atoms with E-state index in [0.29, 0.717) is 23.8 Å². The average molecular weight is 275 g/mol. The monoisotopic (exact) mass is 275 g/mol. The molecule has 1 heterocycles. The van der Waals surface area contributed by atoms with Crippen molar-refractivity contribution < 1.29 is 4.79 Å². The van der Waals surface area contributed by atoms with Gasteiger partial charge in [0.15, 0.2) is 0 Å². The minimum atomic E-state index is -0.0675. The zero-order valence-electron chi connectivity index (χ0n) is 10.9. The smallest absolute Gasteiger partial charge is 0.238 e. The molecule has 1 saturated heterocycles. The van der Waals surface area contributed by atoms with Crippen molar-refractivity contribution >= 4 is 23.4 Å². The molecule has 1 aromatic carbocycles. The normalized spacial score (nSPS) is 18.3. The van der Waals surface area contributed by atoms with Gasteiger partial charge < -0.3 is 5.32 Å². The molecule has 5 heteroatoms. The van der Waals surface area contributed by atoms with Gasteiger partial charge in [-0.2, -0.15) is 17.0 Å². The van der Waals surface area contributed by atoms with Gasteiger partial charge in [0.1, 0.15) is 6.07 Å². The number of anilines is 1. The van der Waals surface area contributed by atoms with Crippen LogP contribution in [0.5, 0.6) is 0 Å². The second-order valence-electron chi connectivity index (χ2n) is 4.64. The number of nitrogens with zero attached hydrogens (tertiary/aromatic N) is 2. The zero-order chi connectivity index (χ0) is 13.7. The third-order valence-electron chi connectivity index (χ3n) is 3.24. The summed E-state index contributed by atoms with van der Waals surface area (Å²) < 4.78 is 0. The summed E-state index contributed by atoms with van der Waals surface area (Å²) in [5.74, 6) is 2.20. The maximum atomic E-state index is 12.0. The molecule has 0 aliphatic carbocycles. The molecule has 2 rings (SSSR count). The molecule has 1 amide bonds. The molecular weight excluding hydrogens is 258 g/mol. The second kappa shape index (κ2) is 6.60. The van der Waals surface area contributed by atoms with Crippen LogP contribution in [0.1, 0.15) is 12.0 Å². The molecule has 4 nitrogen and oxygen atoms in total. The number of benzene rings is 1. The van der Waals surface area contributed by atoms with E-state index in [1.165, 1.54) is 5.75 Å². The summed E-state index contributed by atoms with van der Waals surface area (Å²) in [7, 11) is 1.98. The number of carbonyl (C=O) groups is 1. The number of rotatable bonds is 4. The Kier molecular flexibility index (Phi) is 4.83. The quantitative estimate of drug-likeness (QED) is 0.912. The Bertz CT molecular complexity index is 492. The van der Waals surface area contributed by atoms with E-state index >= 15 is 0 Å². The first-order chi connectivity index (χ1) is 9.20. The van der Waals surface area contributed by atoms with Gasteiger partial charge in [0, 0.05) is 11.8 Å². The lowest BCUT2D eigenvalue weighted by atomic mass is 10.2. The van der Waals surface area contributed by atoms with Crippen molar-refractivity contribution in [1.29, 1.82) is 5.26 Å². The van der Waals surface area contributed by atoms with Crippen LogP contribution in [0.25, 0.3) is 0 Å². The van der Waals surface area contributed by atoms with Crippen molar-refractivity contribution in [2.24, 2.45) is 0 Å². The third-order valence-corrected chi connectivity index (χ3v) is 4.39. The molecule has 1 atom stereocenters. The summed E-state index contributed by atoms with van der Waals surface area (Å²) >= 11 is 1.93. The van der Waals surface area contributed by atoms with Gasteiger partial charge >= 0.3 is 0 Å². The first kappa shape index (κ1) is 13.9. The van der Waals surface area contributed by atoms with E-state index in [1.54, 1.807) is 18.2 Å². The highest BCUT2D eigenvalue weighted by molar-refractivity contribution is 7.99. The summed E-state index contributed by atoms with van der Waals surface area (Å²) in [4.78, 5) is 14.1. The van der Waals surface area contributed by atoms with Gasteiger partial charge in [0.05, 0.1) is 17.8 Å². The molecular formula is C14H17N3OS. The molecule has 0 saturated carbocycles. The van der Waals surface area contributed by atoms with Crippen molar-refractivity contribution in [3.05, 3.63) is 29.8 Å². The molecule has 100 valence electrons. The number of hydrogen-bond donors (Lipinski definition) is 1. The Balaban J connectivity index is 1.92. The van der Waals surface area contributed by atoms with Gasteiger partial charge in [-0.15, -0.1) is 0 Å². The maximum Gasteiger partial charge on any atom is 0.238 e. The molecule has 1 fully saturated rings. The Morgan fingerprint density at radius 2 is 2.37 bits per heavy atom. The van der Waals surface area contributed by atoms with Crippen molar-refractivity contribution in [2.45, 2.75) is 12.5 Å². The number of nitriles is 1. The first-order valence-corrected chi connectivity index (χ1v) is 7.43. The van der Waals surface area contributed by atoms with Gasteiger partial charge in [0.2, 0.25) is 5.91 Å². The summed E-state index contributed by atoms with van der Waals surface area (Å²) in [5, 5.41) is 11.8. The number of likely N-dealkylation sites (N-methyl/N-ethyl adjacent to an activating group) is 1. The second-order valence-corrected chi connectivity index (χ2v) is 5.79. The predicted octanol–water partition coefficient (Wildman–Crippen LogP) is 1.93. The molecule has 0 bridgehead atoms. The largest absolute Gasteiger partial charge is 0.324 e. The lowest BCUT2D eigenvalue weighted by Gasteiger charge is -2.22. The van der Waals surface area contributed by atoms with Crippen molar-refractivity contribution in [1.82, 2.24) is 4.90 Å². The van der Waals surface area contributed by atoms with Crippen molar-refractivity contribution in [3.63, 3.8) is 0 Å². The van der Waals surface area contributed by atoms with Gasteiger partial charge in [-0.05, 0) is 31.4 Å². The molecule has 19 heavy (non-hydrogen) atoms. The fourth-order valence-corrected chi connectivity index (χ4v) is 3.40. The minimum absolute atomic E-state index is 0.0675. The van der Waals surface area contributed by atoms with E-state index in [9.17, 15) is 4.79 Å². The molecule has 0 spiro atoms. The van der Waals surface area contributed by atoms with Gasteiger partial charge in [-0.1, -0.05) is 12.1 Å². The summed E-state index contributed by atoms with van der Waals surface area (Å²) in [6.45, 7) is 0.366. The Hall–Kier alpha value is -1.51. The Morgan fingerprint density at radius 3 is 3.05 bits per heavy atom. The van der Waals surface area contributed by atoms with Crippen molar-refractivity contribution in [2.75, 3.05) is 30.4 Å². The van der Waals surface area contributed by atoms with Crippen LogP contribution in [0.15, 0.2) is 24.3 Å². The highest BCUT2D eigenvalue weighted by Crippen LogP contribution is 2.21. The number of carbonyl (C=O) groups excluding carboxylic acids is 1. The molecule has 0 radical (unpaired) electrons. The van der Waals surface area contributed by atoms with Crippen LogP contribution >= 0.6 is 11.8 Å². The lowest BCUT2D eigenvalue weighted by molar-refractivity contribution is -0.117. The fraction of sp³-hybridized carbons (Fsp3) is 0.429. The summed E-state index contributed by atoms with van der Waals surface area (Å²) in [5.41, 5.74) is 1.08. The van der Waals surface area contributed by atoms with Crippen LogP contribution in [0, 0.1) is 11.3 Å².